The Labute approximate surface area is 159 Å². The molecule has 0 radical (unpaired) electrons. The number of methoxy groups -OCH3 is 1. The molecule has 0 aliphatic heterocycles. The van der Waals surface area contributed by atoms with Crippen molar-refractivity contribution in [3.8, 4) is 17.2 Å². The Morgan fingerprint density at radius 3 is 2.77 bits per heavy atom. The number of nitrogens with zero attached hydrogens (tertiary/aromatic N) is 2. The second-order valence-corrected chi connectivity index (χ2v) is 6.74. The number of carbonyl (C=O) groups is 1. The van der Waals surface area contributed by atoms with Gasteiger partial charge in [-0.2, -0.15) is 0 Å². The number of anilines is 1. The standard InChI is InChI=1S/C18H16ClN3O3S/c1-24-15-7-5-14(6-8-15)20-16(23)9-10-26-18-22-21-17(25-18)12-3-2-4-13(19)11-12/h2-8,11H,9-10H2,1H3,(H,20,23). The van der Waals surface area contributed by atoms with Crippen LogP contribution in [0.15, 0.2) is 58.2 Å². The van der Waals surface area contributed by atoms with Gasteiger partial charge in [-0.05, 0) is 42.5 Å². The average molecular weight is 390 g/mol. The number of benzene rings is 2. The SMILES string of the molecule is COc1ccc(NC(=O)CCSc2nnc(-c3cccc(Cl)c3)o2)cc1. The highest BCUT2D eigenvalue weighted by Crippen LogP contribution is 2.25. The molecule has 0 saturated carbocycles. The number of amides is 1. The minimum atomic E-state index is -0.0859. The number of carbonyl (C=O) groups excluding carboxylic acids is 1. The molecule has 0 aliphatic carbocycles. The van der Waals surface area contributed by atoms with Crippen molar-refractivity contribution in [3.63, 3.8) is 0 Å². The van der Waals surface area contributed by atoms with Crippen LogP contribution in [0.1, 0.15) is 6.42 Å². The van der Waals surface area contributed by atoms with Crippen molar-refractivity contribution < 1.29 is 13.9 Å². The quantitative estimate of drug-likeness (QED) is 0.598. The fraction of sp³-hybridized carbons (Fsp3) is 0.167. The molecule has 0 unspecified atom stereocenters. The van der Waals surface area contributed by atoms with Gasteiger partial charge in [0, 0.05) is 28.4 Å². The smallest absolute Gasteiger partial charge is 0.276 e. The van der Waals surface area contributed by atoms with Gasteiger partial charge in [0.25, 0.3) is 5.22 Å². The van der Waals surface area contributed by atoms with Crippen LogP contribution < -0.4 is 10.1 Å². The van der Waals surface area contributed by atoms with Gasteiger partial charge in [0.1, 0.15) is 5.75 Å². The monoisotopic (exact) mass is 389 g/mol. The van der Waals surface area contributed by atoms with Crippen molar-refractivity contribution in [2.45, 2.75) is 11.6 Å². The summed E-state index contributed by atoms with van der Waals surface area (Å²) in [6.45, 7) is 0. The zero-order valence-corrected chi connectivity index (χ0v) is 15.5. The van der Waals surface area contributed by atoms with Gasteiger partial charge in [-0.25, -0.2) is 0 Å². The number of halogens is 1. The second-order valence-electron chi connectivity index (χ2n) is 5.26. The van der Waals surface area contributed by atoms with Crippen LogP contribution in [0.3, 0.4) is 0 Å². The van der Waals surface area contributed by atoms with Gasteiger partial charge >= 0.3 is 0 Å². The van der Waals surface area contributed by atoms with Gasteiger partial charge in [-0.1, -0.05) is 29.4 Å². The molecule has 3 aromatic rings. The summed E-state index contributed by atoms with van der Waals surface area (Å²) >= 11 is 7.29. The van der Waals surface area contributed by atoms with E-state index in [1.54, 1.807) is 43.5 Å². The topological polar surface area (TPSA) is 77.2 Å². The Morgan fingerprint density at radius 1 is 1.23 bits per heavy atom. The Hall–Kier alpha value is -2.51. The molecule has 1 aromatic heterocycles. The summed E-state index contributed by atoms with van der Waals surface area (Å²) in [7, 11) is 1.60. The van der Waals surface area contributed by atoms with E-state index in [9.17, 15) is 4.79 Å². The van der Waals surface area contributed by atoms with E-state index < -0.39 is 0 Å². The molecular weight excluding hydrogens is 374 g/mol. The van der Waals surface area contributed by atoms with Gasteiger partial charge in [-0.3, -0.25) is 4.79 Å². The number of rotatable bonds is 7. The molecule has 1 N–H and O–H groups in total. The van der Waals surface area contributed by atoms with Gasteiger partial charge in [0.05, 0.1) is 7.11 Å². The maximum Gasteiger partial charge on any atom is 0.276 e. The van der Waals surface area contributed by atoms with E-state index >= 15 is 0 Å². The van der Waals surface area contributed by atoms with Crippen molar-refractivity contribution in [1.82, 2.24) is 10.2 Å². The first-order valence-electron chi connectivity index (χ1n) is 7.80. The van der Waals surface area contributed by atoms with Gasteiger partial charge < -0.3 is 14.5 Å². The number of hydrogen-bond acceptors (Lipinski definition) is 6. The van der Waals surface area contributed by atoms with Crippen LogP contribution >= 0.6 is 23.4 Å². The van der Waals surface area contributed by atoms with Crippen molar-refractivity contribution in [2.75, 3.05) is 18.2 Å². The molecular formula is C18H16ClN3O3S. The summed E-state index contributed by atoms with van der Waals surface area (Å²) in [4.78, 5) is 12.0. The summed E-state index contributed by atoms with van der Waals surface area (Å²) in [5.41, 5.74) is 1.48. The van der Waals surface area contributed by atoms with Crippen LogP contribution in [0.4, 0.5) is 5.69 Å². The van der Waals surface area contributed by atoms with E-state index in [1.807, 2.05) is 12.1 Å². The Bertz CT molecular complexity index is 883. The summed E-state index contributed by atoms with van der Waals surface area (Å²) < 4.78 is 10.7. The fourth-order valence-corrected chi connectivity index (χ4v) is 3.02. The Morgan fingerprint density at radius 2 is 2.04 bits per heavy atom. The van der Waals surface area contributed by atoms with Gasteiger partial charge in [-0.15, -0.1) is 10.2 Å². The van der Waals surface area contributed by atoms with Crippen LogP contribution in [-0.2, 0) is 4.79 Å². The predicted octanol–water partition coefficient (Wildman–Crippen LogP) is 4.52. The first-order chi connectivity index (χ1) is 12.6. The van der Waals surface area contributed by atoms with Crippen LogP contribution in [0.2, 0.25) is 5.02 Å². The molecule has 0 bridgehead atoms. The number of nitrogens with one attached hydrogen (secondary N) is 1. The zero-order chi connectivity index (χ0) is 18.4. The lowest BCUT2D eigenvalue weighted by atomic mass is 10.2. The largest absolute Gasteiger partial charge is 0.497 e. The van der Waals surface area contributed by atoms with Crippen molar-refractivity contribution in [2.24, 2.45) is 0 Å². The molecule has 0 spiro atoms. The van der Waals surface area contributed by atoms with E-state index in [4.69, 9.17) is 20.8 Å². The lowest BCUT2D eigenvalue weighted by Gasteiger charge is -2.05. The minimum absolute atomic E-state index is 0.0859. The molecule has 0 saturated heterocycles. The molecule has 0 atom stereocenters. The highest BCUT2D eigenvalue weighted by Gasteiger charge is 2.10. The molecule has 0 fully saturated rings. The first-order valence-corrected chi connectivity index (χ1v) is 9.16. The predicted molar refractivity (Wildman–Crippen MR) is 102 cm³/mol. The van der Waals surface area contributed by atoms with E-state index in [1.165, 1.54) is 11.8 Å². The van der Waals surface area contributed by atoms with Gasteiger partial charge in [0.2, 0.25) is 11.8 Å². The fourth-order valence-electron chi connectivity index (χ4n) is 2.14. The zero-order valence-electron chi connectivity index (χ0n) is 13.9. The first kappa shape index (κ1) is 18.3. The number of thioether (sulfide) groups is 1. The molecule has 1 heterocycles. The second kappa shape index (κ2) is 8.73. The van der Waals surface area contributed by atoms with Crippen LogP contribution in [0, 0.1) is 0 Å². The molecule has 6 nitrogen and oxygen atoms in total. The maximum absolute atomic E-state index is 12.0. The molecule has 0 aliphatic rings. The highest BCUT2D eigenvalue weighted by atomic mass is 35.5. The normalized spacial score (nSPS) is 10.5. The number of ether oxygens (including phenoxy) is 1. The summed E-state index contributed by atoms with van der Waals surface area (Å²) in [6.07, 6.45) is 0.325. The summed E-state index contributed by atoms with van der Waals surface area (Å²) in [6, 6.07) is 14.4. The third-order valence-electron chi connectivity index (χ3n) is 3.41. The van der Waals surface area contributed by atoms with Crippen molar-refractivity contribution in [1.29, 1.82) is 0 Å². The molecule has 26 heavy (non-hydrogen) atoms. The maximum atomic E-state index is 12.0. The summed E-state index contributed by atoms with van der Waals surface area (Å²) in [5, 5.41) is 11.8. The van der Waals surface area contributed by atoms with E-state index in [0.717, 1.165) is 17.0 Å². The molecule has 2 aromatic carbocycles. The van der Waals surface area contributed by atoms with Crippen LogP contribution in [0.5, 0.6) is 5.75 Å². The molecule has 8 heteroatoms. The highest BCUT2D eigenvalue weighted by molar-refractivity contribution is 7.99. The van der Waals surface area contributed by atoms with Crippen LogP contribution in [-0.4, -0.2) is 29.0 Å². The van der Waals surface area contributed by atoms with E-state index in [2.05, 4.69) is 15.5 Å². The van der Waals surface area contributed by atoms with Crippen molar-refractivity contribution >= 4 is 35.0 Å². The Balaban J connectivity index is 1.48. The average Bonchev–Trinajstić information content (AvgIpc) is 3.11. The third-order valence-corrected chi connectivity index (χ3v) is 4.46. The molecule has 134 valence electrons. The third kappa shape index (κ3) is 5.00. The van der Waals surface area contributed by atoms with Crippen molar-refractivity contribution in [3.05, 3.63) is 53.6 Å². The molecule has 3 rings (SSSR count). The lowest BCUT2D eigenvalue weighted by molar-refractivity contribution is -0.115. The number of aromatic nitrogens is 2. The number of hydrogen-bond donors (Lipinski definition) is 1. The lowest BCUT2D eigenvalue weighted by Crippen LogP contribution is -2.12. The van der Waals surface area contributed by atoms with E-state index in [-0.39, 0.29) is 5.91 Å². The van der Waals surface area contributed by atoms with E-state index in [0.29, 0.717) is 28.3 Å². The minimum Gasteiger partial charge on any atom is -0.497 e. The summed E-state index contributed by atoms with van der Waals surface area (Å²) in [5.74, 6) is 1.58. The molecule has 1 amide bonds. The van der Waals surface area contributed by atoms with Gasteiger partial charge in [0.15, 0.2) is 0 Å². The Kier molecular flexibility index (Phi) is 6.14. The van der Waals surface area contributed by atoms with Crippen LogP contribution in [0.25, 0.3) is 11.5 Å².